The molecule has 5 heteroatoms. The van der Waals surface area contributed by atoms with Gasteiger partial charge in [-0.1, -0.05) is 6.07 Å². The van der Waals surface area contributed by atoms with Crippen LogP contribution in [0.2, 0.25) is 0 Å². The maximum absolute atomic E-state index is 9.21. The highest BCUT2D eigenvalue weighted by Crippen LogP contribution is 2.23. The topological polar surface area (TPSA) is 58.0 Å². The molecule has 1 aliphatic carbocycles. The second-order valence-electron chi connectivity index (χ2n) is 4.56. The minimum absolute atomic E-state index is 0.109. The van der Waals surface area contributed by atoms with Crippen LogP contribution in [-0.2, 0) is 6.54 Å². The Morgan fingerprint density at radius 3 is 3.00 bits per heavy atom. The Kier molecular flexibility index (Phi) is 3.36. The Balaban J connectivity index is 1.60. The lowest BCUT2D eigenvalue weighted by molar-refractivity contribution is 0.0618. The number of pyridine rings is 1. The van der Waals surface area contributed by atoms with Crippen LogP contribution in [0, 0.1) is 0 Å². The minimum atomic E-state index is -0.109. The molecule has 2 N–H and O–H groups in total. The zero-order valence-electron chi connectivity index (χ0n) is 9.91. The number of aliphatic hydroxyl groups is 1. The summed E-state index contributed by atoms with van der Waals surface area (Å²) in [6.45, 7) is 0.765. The zero-order chi connectivity index (χ0) is 12.4. The van der Waals surface area contributed by atoms with Crippen molar-refractivity contribution in [2.45, 2.75) is 31.5 Å². The second-order valence-corrected chi connectivity index (χ2v) is 5.42. The van der Waals surface area contributed by atoms with Crippen LogP contribution in [0.25, 0.3) is 10.7 Å². The molecule has 1 saturated carbocycles. The second kappa shape index (κ2) is 5.14. The molecule has 0 atom stereocenters. The van der Waals surface area contributed by atoms with Crippen LogP contribution in [-0.4, -0.2) is 27.2 Å². The van der Waals surface area contributed by atoms with Crippen molar-refractivity contribution in [3.05, 3.63) is 35.5 Å². The molecule has 0 spiro atoms. The highest BCUT2D eigenvalue weighted by molar-refractivity contribution is 7.13. The van der Waals surface area contributed by atoms with Gasteiger partial charge in [0.2, 0.25) is 0 Å². The Hall–Kier alpha value is -1.30. The number of thiazole rings is 1. The number of nitrogens with zero attached hydrogens (tertiary/aromatic N) is 2. The highest BCUT2D eigenvalue weighted by Gasteiger charge is 2.26. The molecule has 3 rings (SSSR count). The summed E-state index contributed by atoms with van der Waals surface area (Å²) in [5, 5.41) is 15.6. The van der Waals surface area contributed by atoms with Gasteiger partial charge in [0.05, 0.1) is 17.5 Å². The third-order valence-electron chi connectivity index (χ3n) is 3.12. The molecule has 2 aromatic rings. The van der Waals surface area contributed by atoms with E-state index in [9.17, 15) is 5.11 Å². The van der Waals surface area contributed by atoms with E-state index in [4.69, 9.17) is 0 Å². The van der Waals surface area contributed by atoms with Crippen molar-refractivity contribution in [3.8, 4) is 10.7 Å². The average Bonchev–Trinajstić information content (AvgIpc) is 2.83. The molecular weight excluding hydrogens is 246 g/mol. The van der Waals surface area contributed by atoms with Gasteiger partial charge in [0, 0.05) is 24.2 Å². The van der Waals surface area contributed by atoms with E-state index < -0.39 is 0 Å². The maximum atomic E-state index is 9.21. The maximum Gasteiger partial charge on any atom is 0.142 e. The highest BCUT2D eigenvalue weighted by atomic mass is 32.1. The molecule has 18 heavy (non-hydrogen) atoms. The van der Waals surface area contributed by atoms with Crippen LogP contribution in [0.4, 0.5) is 0 Å². The third kappa shape index (κ3) is 2.58. The van der Waals surface area contributed by atoms with Gasteiger partial charge in [-0.15, -0.1) is 11.3 Å². The van der Waals surface area contributed by atoms with Gasteiger partial charge in [0.15, 0.2) is 0 Å². The summed E-state index contributed by atoms with van der Waals surface area (Å²) in [5.74, 6) is 0. The zero-order valence-corrected chi connectivity index (χ0v) is 10.7. The summed E-state index contributed by atoms with van der Waals surface area (Å²) in [7, 11) is 0. The van der Waals surface area contributed by atoms with Crippen molar-refractivity contribution in [1.29, 1.82) is 0 Å². The number of nitrogens with one attached hydrogen (secondary N) is 1. The molecule has 0 unspecified atom stereocenters. The fraction of sp³-hybridized carbons (Fsp3) is 0.385. The van der Waals surface area contributed by atoms with Crippen molar-refractivity contribution in [1.82, 2.24) is 15.3 Å². The molecule has 0 bridgehead atoms. The summed E-state index contributed by atoms with van der Waals surface area (Å²) in [6.07, 6.45) is 3.39. The van der Waals surface area contributed by atoms with E-state index >= 15 is 0 Å². The van der Waals surface area contributed by atoms with Crippen molar-refractivity contribution in [3.63, 3.8) is 0 Å². The van der Waals surface area contributed by atoms with E-state index in [1.165, 1.54) is 0 Å². The molecule has 0 saturated heterocycles. The monoisotopic (exact) mass is 261 g/mol. The smallest absolute Gasteiger partial charge is 0.142 e. The first-order chi connectivity index (χ1) is 8.81. The van der Waals surface area contributed by atoms with Gasteiger partial charge in [0.1, 0.15) is 5.01 Å². The number of aromatic nitrogens is 2. The van der Waals surface area contributed by atoms with E-state index in [0.717, 1.165) is 35.8 Å². The van der Waals surface area contributed by atoms with Gasteiger partial charge in [0.25, 0.3) is 0 Å². The van der Waals surface area contributed by atoms with Crippen molar-refractivity contribution in [2.24, 2.45) is 0 Å². The fourth-order valence-electron chi connectivity index (χ4n) is 2.00. The number of rotatable bonds is 4. The fourth-order valence-corrected chi connectivity index (χ4v) is 2.79. The van der Waals surface area contributed by atoms with Gasteiger partial charge in [-0.2, -0.15) is 0 Å². The Labute approximate surface area is 110 Å². The number of hydrogen-bond acceptors (Lipinski definition) is 5. The van der Waals surface area contributed by atoms with Crippen LogP contribution < -0.4 is 5.32 Å². The Bertz CT molecular complexity index is 508. The van der Waals surface area contributed by atoms with E-state index in [1.807, 2.05) is 18.2 Å². The predicted molar refractivity (Wildman–Crippen MR) is 71.2 cm³/mol. The first-order valence-corrected chi connectivity index (χ1v) is 6.96. The first-order valence-electron chi connectivity index (χ1n) is 6.08. The largest absolute Gasteiger partial charge is 0.393 e. The lowest BCUT2D eigenvalue weighted by Crippen LogP contribution is -2.43. The summed E-state index contributed by atoms with van der Waals surface area (Å²) in [4.78, 5) is 8.85. The number of aliphatic hydroxyl groups excluding tert-OH is 1. The van der Waals surface area contributed by atoms with Gasteiger partial charge in [-0.05, 0) is 25.0 Å². The van der Waals surface area contributed by atoms with Crippen LogP contribution in [0.1, 0.15) is 18.5 Å². The molecule has 2 aromatic heterocycles. The van der Waals surface area contributed by atoms with E-state index in [-0.39, 0.29) is 6.10 Å². The Morgan fingerprint density at radius 1 is 1.39 bits per heavy atom. The summed E-state index contributed by atoms with van der Waals surface area (Å²) in [5.41, 5.74) is 1.97. The van der Waals surface area contributed by atoms with E-state index in [2.05, 4.69) is 20.7 Å². The molecule has 0 radical (unpaired) electrons. The lowest BCUT2D eigenvalue weighted by Gasteiger charge is -2.31. The molecule has 94 valence electrons. The van der Waals surface area contributed by atoms with Crippen molar-refractivity contribution >= 4 is 11.3 Å². The average molecular weight is 261 g/mol. The van der Waals surface area contributed by atoms with E-state index in [0.29, 0.717) is 6.04 Å². The predicted octanol–water partition coefficient (Wildman–Crippen LogP) is 1.82. The van der Waals surface area contributed by atoms with Crippen LogP contribution >= 0.6 is 11.3 Å². The van der Waals surface area contributed by atoms with Crippen LogP contribution in [0.5, 0.6) is 0 Å². The molecule has 0 aromatic carbocycles. The van der Waals surface area contributed by atoms with Crippen molar-refractivity contribution in [2.75, 3.05) is 0 Å². The molecule has 2 heterocycles. The summed E-state index contributed by atoms with van der Waals surface area (Å²) in [6, 6.07) is 6.29. The summed E-state index contributed by atoms with van der Waals surface area (Å²) >= 11 is 1.62. The molecule has 1 aliphatic rings. The van der Waals surface area contributed by atoms with E-state index in [1.54, 1.807) is 17.5 Å². The van der Waals surface area contributed by atoms with Crippen LogP contribution in [0.3, 0.4) is 0 Å². The molecule has 0 amide bonds. The third-order valence-corrected chi connectivity index (χ3v) is 4.03. The lowest BCUT2D eigenvalue weighted by atomic mass is 9.89. The number of hydrogen-bond donors (Lipinski definition) is 2. The first kappa shape index (κ1) is 11.8. The molecular formula is C13H15N3OS. The molecule has 1 fully saturated rings. The summed E-state index contributed by atoms with van der Waals surface area (Å²) < 4.78 is 0. The molecule has 4 nitrogen and oxygen atoms in total. The molecule has 0 aliphatic heterocycles. The standard InChI is InChI=1S/C13H15N3OS/c17-11-5-9(6-11)15-7-10-8-18-13(16-10)12-3-1-2-4-14-12/h1-4,8-9,11,15,17H,5-7H2. The van der Waals surface area contributed by atoms with Gasteiger partial charge >= 0.3 is 0 Å². The van der Waals surface area contributed by atoms with Crippen LogP contribution in [0.15, 0.2) is 29.8 Å². The normalized spacial score (nSPS) is 22.7. The minimum Gasteiger partial charge on any atom is -0.393 e. The van der Waals surface area contributed by atoms with Gasteiger partial charge in [-0.3, -0.25) is 4.98 Å². The quantitative estimate of drug-likeness (QED) is 0.881. The Morgan fingerprint density at radius 2 is 2.28 bits per heavy atom. The SMILES string of the molecule is OC1CC(NCc2csc(-c3ccccn3)n2)C1. The van der Waals surface area contributed by atoms with Gasteiger partial charge in [-0.25, -0.2) is 4.98 Å². The van der Waals surface area contributed by atoms with Gasteiger partial charge < -0.3 is 10.4 Å². The van der Waals surface area contributed by atoms with Crippen molar-refractivity contribution < 1.29 is 5.11 Å².